The molecule has 3 atom stereocenters. The number of carbonyl (C=O) groups is 1. The van der Waals surface area contributed by atoms with Crippen molar-refractivity contribution < 1.29 is 32.2 Å². The highest BCUT2D eigenvalue weighted by molar-refractivity contribution is 5.91. The third-order valence-electron chi connectivity index (χ3n) is 4.54. The minimum absolute atomic E-state index is 0.157. The number of halogens is 3. The van der Waals surface area contributed by atoms with Crippen molar-refractivity contribution in [1.82, 2.24) is 0 Å². The van der Waals surface area contributed by atoms with E-state index in [0.29, 0.717) is 13.0 Å². The predicted octanol–water partition coefficient (Wildman–Crippen LogP) is 1.62. The van der Waals surface area contributed by atoms with Gasteiger partial charge in [0.25, 0.3) is 12.4 Å². The third-order valence-corrected chi connectivity index (χ3v) is 4.54. The lowest BCUT2D eigenvalue weighted by atomic mass is 9.84. The molecule has 3 N–H and O–H groups in total. The molecule has 0 saturated heterocycles. The van der Waals surface area contributed by atoms with Crippen molar-refractivity contribution in [1.29, 1.82) is 0 Å². The summed E-state index contributed by atoms with van der Waals surface area (Å²) in [6.07, 6.45) is -3.20. The van der Waals surface area contributed by atoms with E-state index in [1.807, 2.05) is 0 Å². The first-order valence-electron chi connectivity index (χ1n) is 8.35. The molecule has 3 rings (SSSR count). The van der Waals surface area contributed by atoms with Crippen LogP contribution < -0.4 is 11.1 Å². The van der Waals surface area contributed by atoms with Crippen LogP contribution in [0.1, 0.15) is 12.0 Å². The van der Waals surface area contributed by atoms with Gasteiger partial charge in [-0.25, -0.2) is 18.2 Å². The lowest BCUT2D eigenvalue weighted by Crippen LogP contribution is -2.43. The largest absolute Gasteiger partial charge is 0.462 e. The van der Waals surface area contributed by atoms with Crippen molar-refractivity contribution in [2.45, 2.75) is 24.5 Å². The lowest BCUT2D eigenvalue weighted by Gasteiger charge is -2.33. The molecule has 0 spiro atoms. The zero-order valence-electron chi connectivity index (χ0n) is 14.6. The number of anilines is 1. The highest BCUT2D eigenvalue weighted by Gasteiger charge is 2.64. The molecule has 0 radical (unpaired) electrons. The number of ether oxygens (including phenoxy) is 3. The van der Waals surface area contributed by atoms with Crippen molar-refractivity contribution in [3.8, 4) is 0 Å². The molecular formula is C17H20F3N3O4. The number of carbonyl (C=O) groups excluding carboxylic acids is 1. The lowest BCUT2D eigenvalue weighted by molar-refractivity contribution is -0.121. The minimum Gasteiger partial charge on any atom is -0.462 e. The molecule has 27 heavy (non-hydrogen) atoms. The van der Waals surface area contributed by atoms with E-state index in [4.69, 9.17) is 19.9 Å². The Labute approximate surface area is 153 Å². The fourth-order valence-corrected chi connectivity index (χ4v) is 3.21. The molecule has 1 unspecified atom stereocenters. The Kier molecular flexibility index (Phi) is 5.56. The number of benzene rings is 1. The van der Waals surface area contributed by atoms with Gasteiger partial charge >= 0.3 is 0 Å². The average molecular weight is 387 g/mol. The molecule has 1 fully saturated rings. The number of nitrogens with two attached hydrogens (primary N) is 1. The second kappa shape index (κ2) is 7.73. The number of methoxy groups -OCH3 is 1. The number of nitrogens with zero attached hydrogens (tertiary/aromatic N) is 1. The SMILES string of the molecule is COCCOCC(=O)Nc1ccc(F)c([C@@]2(C(F)F)N=C(N)O[C@@H]3CC32)c1. The number of fused-ring (bicyclic) bond motifs is 1. The predicted molar refractivity (Wildman–Crippen MR) is 90.0 cm³/mol. The summed E-state index contributed by atoms with van der Waals surface area (Å²) < 4.78 is 57.6. The average Bonchev–Trinajstić information content (AvgIpc) is 3.39. The number of amides is 1. The summed E-state index contributed by atoms with van der Waals surface area (Å²) in [7, 11) is 1.50. The van der Waals surface area contributed by atoms with Gasteiger partial charge < -0.3 is 25.3 Å². The van der Waals surface area contributed by atoms with Crippen LogP contribution in [0.25, 0.3) is 0 Å². The fraction of sp³-hybridized carbons (Fsp3) is 0.529. The highest BCUT2D eigenvalue weighted by atomic mass is 19.3. The summed E-state index contributed by atoms with van der Waals surface area (Å²) in [4.78, 5) is 15.7. The Morgan fingerprint density at radius 2 is 2.26 bits per heavy atom. The van der Waals surface area contributed by atoms with E-state index in [0.717, 1.165) is 12.1 Å². The zero-order valence-corrected chi connectivity index (χ0v) is 14.6. The van der Waals surface area contributed by atoms with Crippen molar-refractivity contribution in [2.75, 3.05) is 32.2 Å². The second-order valence-electron chi connectivity index (χ2n) is 6.36. The van der Waals surface area contributed by atoms with Crippen LogP contribution in [-0.2, 0) is 24.5 Å². The molecule has 1 aromatic rings. The normalized spacial score (nSPS) is 26.2. The maximum Gasteiger partial charge on any atom is 0.283 e. The molecule has 1 aromatic carbocycles. The number of hydrogen-bond donors (Lipinski definition) is 2. The van der Waals surface area contributed by atoms with Crippen LogP contribution in [0.4, 0.5) is 18.9 Å². The van der Waals surface area contributed by atoms with Gasteiger partial charge in [-0.05, 0) is 24.6 Å². The van der Waals surface area contributed by atoms with Gasteiger partial charge in [0, 0.05) is 24.3 Å². The van der Waals surface area contributed by atoms with Crippen LogP contribution in [0.3, 0.4) is 0 Å². The maximum atomic E-state index is 14.5. The van der Waals surface area contributed by atoms with E-state index >= 15 is 0 Å². The van der Waals surface area contributed by atoms with Crippen molar-refractivity contribution in [2.24, 2.45) is 16.6 Å². The summed E-state index contributed by atoms with van der Waals surface area (Å²) in [6.45, 7) is 0.304. The van der Waals surface area contributed by atoms with Crippen LogP contribution >= 0.6 is 0 Å². The van der Waals surface area contributed by atoms with E-state index in [1.54, 1.807) is 0 Å². The highest BCUT2D eigenvalue weighted by Crippen LogP contribution is 2.56. The van der Waals surface area contributed by atoms with Crippen molar-refractivity contribution >= 4 is 17.6 Å². The summed E-state index contributed by atoms with van der Waals surface area (Å²) >= 11 is 0. The summed E-state index contributed by atoms with van der Waals surface area (Å²) in [5.41, 5.74) is 3.23. The molecule has 0 aromatic heterocycles. The first-order chi connectivity index (χ1) is 12.9. The molecule has 1 heterocycles. The number of alkyl halides is 2. The van der Waals surface area contributed by atoms with E-state index in [9.17, 15) is 18.0 Å². The number of nitrogens with one attached hydrogen (secondary N) is 1. The monoisotopic (exact) mass is 387 g/mol. The molecule has 7 nitrogen and oxygen atoms in total. The molecular weight excluding hydrogens is 367 g/mol. The first-order valence-corrected chi connectivity index (χ1v) is 8.35. The maximum absolute atomic E-state index is 14.5. The van der Waals surface area contributed by atoms with Crippen LogP contribution in [0.2, 0.25) is 0 Å². The van der Waals surface area contributed by atoms with Crippen LogP contribution in [0, 0.1) is 11.7 Å². The minimum atomic E-state index is -2.99. The first kappa shape index (κ1) is 19.4. The van der Waals surface area contributed by atoms with Gasteiger partial charge in [0.15, 0.2) is 5.54 Å². The molecule has 2 aliphatic rings. The quantitative estimate of drug-likeness (QED) is 0.661. The van der Waals surface area contributed by atoms with Gasteiger partial charge in [0.1, 0.15) is 18.5 Å². The molecule has 0 bridgehead atoms. The number of amidine groups is 1. The number of hydrogen-bond acceptors (Lipinski definition) is 6. The van der Waals surface area contributed by atoms with Gasteiger partial charge in [-0.3, -0.25) is 4.79 Å². The Morgan fingerprint density at radius 1 is 1.48 bits per heavy atom. The van der Waals surface area contributed by atoms with Gasteiger partial charge in [-0.1, -0.05) is 0 Å². The zero-order chi connectivity index (χ0) is 19.6. The number of rotatable bonds is 8. The molecule has 1 aliphatic carbocycles. The van der Waals surface area contributed by atoms with Crippen LogP contribution in [-0.4, -0.2) is 51.4 Å². The van der Waals surface area contributed by atoms with Crippen molar-refractivity contribution in [3.63, 3.8) is 0 Å². The Morgan fingerprint density at radius 3 is 2.96 bits per heavy atom. The van der Waals surface area contributed by atoms with Crippen molar-refractivity contribution in [3.05, 3.63) is 29.6 Å². The molecule has 148 valence electrons. The Bertz CT molecular complexity index is 746. The fourth-order valence-electron chi connectivity index (χ4n) is 3.21. The van der Waals surface area contributed by atoms with Gasteiger partial charge in [-0.2, -0.15) is 0 Å². The van der Waals surface area contributed by atoms with E-state index in [1.165, 1.54) is 13.2 Å². The smallest absolute Gasteiger partial charge is 0.283 e. The van der Waals surface area contributed by atoms with Crippen LogP contribution in [0.5, 0.6) is 0 Å². The summed E-state index contributed by atoms with van der Waals surface area (Å²) in [5, 5.41) is 2.49. The van der Waals surface area contributed by atoms with Gasteiger partial charge in [0.2, 0.25) is 5.91 Å². The Balaban J connectivity index is 1.83. The second-order valence-corrected chi connectivity index (χ2v) is 6.36. The summed E-state index contributed by atoms with van der Waals surface area (Å²) in [6, 6.07) is 3.06. The molecule has 10 heteroatoms. The van der Waals surface area contributed by atoms with Crippen LogP contribution in [0.15, 0.2) is 23.2 Å². The van der Waals surface area contributed by atoms with Gasteiger partial charge in [-0.15, -0.1) is 0 Å². The van der Waals surface area contributed by atoms with E-state index in [-0.39, 0.29) is 24.5 Å². The Hall–Kier alpha value is -2.33. The molecule has 1 aliphatic heterocycles. The standard InChI is InChI=1S/C17H20F3N3O4/c1-25-4-5-26-8-14(24)22-9-2-3-12(18)10(6-9)17(15(19)20)11-7-13(11)27-16(21)23-17/h2-3,6,11,13,15H,4-5,7-8H2,1H3,(H2,21,23)(H,22,24)/t11?,13-,17-/m1/s1. The topological polar surface area (TPSA) is 95.2 Å². The molecule has 1 amide bonds. The van der Waals surface area contributed by atoms with E-state index in [2.05, 4.69) is 10.3 Å². The van der Waals surface area contributed by atoms with E-state index < -0.39 is 41.7 Å². The van der Waals surface area contributed by atoms with Gasteiger partial charge in [0.05, 0.1) is 13.2 Å². The number of aliphatic imine (C=N–C) groups is 1. The third kappa shape index (κ3) is 3.86. The molecule has 1 saturated carbocycles. The summed E-state index contributed by atoms with van der Waals surface area (Å²) in [5.74, 6) is -2.04.